The van der Waals surface area contributed by atoms with Crippen molar-refractivity contribution in [2.24, 2.45) is 5.92 Å². The van der Waals surface area contributed by atoms with Gasteiger partial charge in [0.05, 0.1) is 44.5 Å². The van der Waals surface area contributed by atoms with Crippen molar-refractivity contribution in [3.8, 4) is 89.8 Å². The molecule has 470 valence electrons. The van der Waals surface area contributed by atoms with Gasteiger partial charge in [-0.3, -0.25) is 0 Å². The molecular weight excluding hydrogens is 1200 g/mol. The van der Waals surface area contributed by atoms with Crippen LogP contribution in [0.25, 0.3) is 161 Å². The molecule has 0 bridgehead atoms. The Kier molecular flexibility index (Phi) is 12.4. The Morgan fingerprint density at radius 3 is 1.21 bits per heavy atom. The van der Waals surface area contributed by atoms with Gasteiger partial charge in [0.2, 0.25) is 0 Å². The van der Waals surface area contributed by atoms with E-state index in [0.29, 0.717) is 0 Å². The molecule has 1 unspecified atom stereocenters. The second kappa shape index (κ2) is 21.5. The minimum atomic E-state index is -0.325. The highest BCUT2D eigenvalue weighted by molar-refractivity contribution is 6.14. The number of allylic oxidation sites excluding steroid dienone is 4. The predicted octanol–water partition coefficient (Wildman–Crippen LogP) is 25.0. The molecule has 0 saturated heterocycles. The molecule has 0 N–H and O–H groups in total. The SMILES string of the molecule is CC1CC=CC=C1c1c(-c2c(-c3ccccc3)c3ccccc3n2-c2ccc3c(c2)C(C)(C)c2cc(-c4ccc5c(c4)c4ccccc4n5-c4ccccc4)ccc2-3)n(-c2ccc3c(c2)C(C)(C)c2cc(-c4ccc5c6ccccc6n(-c6ccccc6)c5c4)ccc2-3)c2ccccc12. The van der Waals surface area contributed by atoms with Gasteiger partial charge in [0.1, 0.15) is 0 Å². The van der Waals surface area contributed by atoms with Crippen LogP contribution in [0.2, 0.25) is 0 Å². The first-order valence-electron chi connectivity index (χ1n) is 35.0. The van der Waals surface area contributed by atoms with Crippen molar-refractivity contribution in [3.05, 3.63) is 343 Å². The van der Waals surface area contributed by atoms with E-state index in [-0.39, 0.29) is 16.7 Å². The fraction of sp³-hybridized carbons (Fsp3) is 0.0947. The Labute approximate surface area is 576 Å². The van der Waals surface area contributed by atoms with Crippen LogP contribution in [0, 0.1) is 5.92 Å². The molecule has 4 heterocycles. The van der Waals surface area contributed by atoms with E-state index in [0.717, 1.165) is 23.5 Å². The van der Waals surface area contributed by atoms with Crippen LogP contribution in [-0.4, -0.2) is 18.3 Å². The lowest BCUT2D eigenvalue weighted by Crippen LogP contribution is -2.16. The molecule has 17 aromatic rings. The zero-order valence-corrected chi connectivity index (χ0v) is 56.1. The Hall–Kier alpha value is -12.0. The molecule has 0 fully saturated rings. The second-order valence-electron chi connectivity index (χ2n) is 28.8. The van der Waals surface area contributed by atoms with E-state index >= 15 is 0 Å². The number of nitrogens with zero attached hydrogens (tertiary/aromatic N) is 4. The quantitative estimate of drug-likeness (QED) is 0.137. The summed E-state index contributed by atoms with van der Waals surface area (Å²) in [6.07, 6.45) is 8.00. The van der Waals surface area contributed by atoms with Crippen LogP contribution < -0.4 is 0 Å². The van der Waals surface area contributed by atoms with Crippen LogP contribution in [0.1, 0.15) is 68.9 Å². The molecule has 3 aliphatic rings. The number of hydrogen-bond donors (Lipinski definition) is 0. The van der Waals surface area contributed by atoms with Crippen LogP contribution in [0.3, 0.4) is 0 Å². The summed E-state index contributed by atoms with van der Waals surface area (Å²) in [6, 6.07) is 112. The van der Waals surface area contributed by atoms with E-state index in [1.807, 2.05) is 0 Å². The van der Waals surface area contributed by atoms with E-state index in [1.165, 1.54) is 172 Å². The monoisotopic (exact) mass is 1270 g/mol. The topological polar surface area (TPSA) is 19.7 Å². The Balaban J connectivity index is 0.759. The molecule has 4 nitrogen and oxygen atoms in total. The van der Waals surface area contributed by atoms with Gasteiger partial charge in [0.25, 0.3) is 0 Å². The first kappa shape index (κ1) is 57.3. The molecule has 3 aliphatic carbocycles. The Morgan fingerprint density at radius 2 is 0.667 bits per heavy atom. The van der Waals surface area contributed by atoms with Crippen molar-refractivity contribution in [3.63, 3.8) is 0 Å². The molecule has 0 saturated carbocycles. The number of hydrogen-bond acceptors (Lipinski definition) is 0. The number of rotatable bonds is 9. The standard InChI is InChI=1S/C95H70N4/c1-59-25-15-16-32-69(59)91-78-36-20-24-40-87(78)99(68-46-51-73-71-48-42-63(55-81(71)95(4,5)83(73)58-68)64-43-49-76-74-33-17-21-37-84(74)97(89(76)56-64)66-30-13-8-14-31-66)93(91)92-90(60-26-9-6-10-27-60)77-35-19-23-39-86(77)98(92)67-45-50-72-70-47-41-62(54-80(70)94(2,3)82(72)57-67)61-44-52-88-79(53-61)75-34-18-22-38-85(75)96(88)65-28-11-7-12-29-65/h6-24,26-59H,25H2,1-5H3. The fourth-order valence-corrected chi connectivity index (χ4v) is 17.8. The summed E-state index contributed by atoms with van der Waals surface area (Å²) >= 11 is 0. The summed E-state index contributed by atoms with van der Waals surface area (Å²) in [5.74, 6) is 0.275. The third-order valence-corrected chi connectivity index (χ3v) is 22.6. The third kappa shape index (κ3) is 8.39. The lowest BCUT2D eigenvalue weighted by molar-refractivity contribution is 0.660. The molecule has 0 radical (unpaired) electrons. The van der Waals surface area contributed by atoms with Gasteiger partial charge in [-0.15, -0.1) is 0 Å². The fourth-order valence-electron chi connectivity index (χ4n) is 17.8. The largest absolute Gasteiger partial charge is 0.309 e. The van der Waals surface area contributed by atoms with E-state index in [2.05, 4.69) is 368 Å². The van der Waals surface area contributed by atoms with E-state index in [9.17, 15) is 0 Å². The van der Waals surface area contributed by atoms with E-state index < -0.39 is 0 Å². The first-order valence-corrected chi connectivity index (χ1v) is 35.0. The predicted molar refractivity (Wildman–Crippen MR) is 417 cm³/mol. The summed E-state index contributed by atoms with van der Waals surface area (Å²) in [6.45, 7) is 12.2. The molecule has 20 rings (SSSR count). The average molecular weight is 1270 g/mol. The minimum absolute atomic E-state index is 0.275. The molecule has 13 aromatic carbocycles. The molecule has 0 aliphatic heterocycles. The van der Waals surface area contributed by atoms with Gasteiger partial charge in [-0.05, 0) is 193 Å². The van der Waals surface area contributed by atoms with Crippen molar-refractivity contribution in [1.82, 2.24) is 18.3 Å². The molecular formula is C95H70N4. The maximum Gasteiger partial charge on any atom is 0.0795 e. The van der Waals surface area contributed by atoms with Gasteiger partial charge in [-0.25, -0.2) is 0 Å². The van der Waals surface area contributed by atoms with Gasteiger partial charge in [-0.1, -0.05) is 247 Å². The molecule has 4 aromatic heterocycles. The number of para-hydroxylation sites is 6. The van der Waals surface area contributed by atoms with Crippen molar-refractivity contribution >= 4 is 71.0 Å². The van der Waals surface area contributed by atoms with E-state index in [4.69, 9.17) is 0 Å². The Morgan fingerprint density at radius 1 is 0.283 bits per heavy atom. The molecule has 0 spiro atoms. The lowest BCUT2D eigenvalue weighted by atomic mass is 9.81. The van der Waals surface area contributed by atoms with Crippen LogP contribution in [0.4, 0.5) is 0 Å². The van der Waals surface area contributed by atoms with Crippen molar-refractivity contribution < 1.29 is 0 Å². The second-order valence-corrected chi connectivity index (χ2v) is 28.8. The van der Waals surface area contributed by atoms with Crippen LogP contribution >= 0.6 is 0 Å². The van der Waals surface area contributed by atoms with Gasteiger partial charge in [0.15, 0.2) is 0 Å². The molecule has 0 amide bonds. The maximum atomic E-state index is 2.64. The molecule has 4 heteroatoms. The van der Waals surface area contributed by atoms with Crippen molar-refractivity contribution in [2.75, 3.05) is 0 Å². The lowest BCUT2D eigenvalue weighted by Gasteiger charge is -2.25. The summed E-state index contributed by atoms with van der Waals surface area (Å²) in [5, 5.41) is 7.49. The summed E-state index contributed by atoms with van der Waals surface area (Å²) < 4.78 is 10.1. The minimum Gasteiger partial charge on any atom is -0.309 e. The van der Waals surface area contributed by atoms with Gasteiger partial charge < -0.3 is 18.3 Å². The third-order valence-electron chi connectivity index (χ3n) is 22.6. The summed E-state index contributed by atoms with van der Waals surface area (Å²) in [4.78, 5) is 0. The van der Waals surface area contributed by atoms with Gasteiger partial charge >= 0.3 is 0 Å². The number of aromatic nitrogens is 4. The summed E-state index contributed by atoms with van der Waals surface area (Å²) in [5.41, 5.74) is 33.9. The van der Waals surface area contributed by atoms with Crippen molar-refractivity contribution in [1.29, 1.82) is 0 Å². The van der Waals surface area contributed by atoms with Gasteiger partial charge in [0, 0.05) is 77.0 Å². The zero-order valence-electron chi connectivity index (χ0n) is 56.1. The highest BCUT2D eigenvalue weighted by Gasteiger charge is 2.40. The highest BCUT2D eigenvalue weighted by atomic mass is 15.1. The number of fused-ring (bicyclic) bond motifs is 14. The van der Waals surface area contributed by atoms with Gasteiger partial charge in [-0.2, -0.15) is 0 Å². The average Bonchev–Trinajstić information content (AvgIpc) is 1.54. The smallest absolute Gasteiger partial charge is 0.0795 e. The molecule has 1 atom stereocenters. The first-order chi connectivity index (χ1) is 48.6. The maximum absolute atomic E-state index is 2.64. The van der Waals surface area contributed by atoms with Crippen LogP contribution in [0.5, 0.6) is 0 Å². The normalized spacial score (nSPS) is 15.0. The van der Waals surface area contributed by atoms with Crippen LogP contribution in [-0.2, 0) is 10.8 Å². The molecule has 99 heavy (non-hydrogen) atoms. The number of benzene rings is 13. The Bertz CT molecular complexity index is 6310. The van der Waals surface area contributed by atoms with E-state index in [1.54, 1.807) is 0 Å². The van der Waals surface area contributed by atoms with Crippen molar-refractivity contribution in [2.45, 2.75) is 51.9 Å². The highest BCUT2D eigenvalue weighted by Crippen LogP contribution is 2.56. The van der Waals surface area contributed by atoms with Crippen LogP contribution in [0.15, 0.2) is 315 Å². The summed E-state index contributed by atoms with van der Waals surface area (Å²) in [7, 11) is 0. The zero-order chi connectivity index (χ0) is 66.0.